The Bertz CT molecular complexity index is 1210. The highest BCUT2D eigenvalue weighted by Gasteiger charge is 2.96. The van der Waals surface area contributed by atoms with E-state index in [1.165, 1.54) is 0 Å². The molecule has 5 N–H and O–H groups in total. The van der Waals surface area contributed by atoms with E-state index in [9.17, 15) is 38.2 Å². The first kappa shape index (κ1) is 25.6. The number of benzene rings is 1. The van der Waals surface area contributed by atoms with Crippen molar-refractivity contribution in [1.29, 1.82) is 0 Å². The number of aliphatic hydroxyl groups excluding tert-OH is 4. The molecule has 8 rings (SSSR count). The molecule has 0 aromatic heterocycles. The second-order valence-corrected chi connectivity index (χ2v) is 12.3. The highest BCUT2D eigenvalue weighted by Crippen LogP contribution is 2.83. The lowest BCUT2D eigenvalue weighted by Crippen LogP contribution is -2.81. The lowest BCUT2D eigenvalue weighted by atomic mass is 9.41. The average molecular weight is 545 g/mol. The second-order valence-electron chi connectivity index (χ2n) is 10.6. The van der Waals surface area contributed by atoms with Crippen LogP contribution in [0, 0.1) is 11.3 Å². The topological polar surface area (TPSA) is 199 Å². The van der Waals surface area contributed by atoms with Crippen molar-refractivity contribution < 1.29 is 61.9 Å². The van der Waals surface area contributed by atoms with Gasteiger partial charge in [-0.25, -0.2) is 4.79 Å². The Kier molecular flexibility index (Phi) is 5.46. The van der Waals surface area contributed by atoms with E-state index < -0.39 is 93.8 Å². The van der Waals surface area contributed by atoms with Gasteiger partial charge in [-0.1, -0.05) is 18.2 Å². The van der Waals surface area contributed by atoms with Crippen molar-refractivity contribution in [3.05, 3.63) is 35.9 Å². The highest BCUT2D eigenvalue weighted by atomic mass is 32.2. The van der Waals surface area contributed by atoms with Crippen LogP contribution in [0.15, 0.2) is 30.3 Å². The number of hydrogen-bond donors (Lipinski definition) is 5. The van der Waals surface area contributed by atoms with Gasteiger partial charge in [0.25, 0.3) is 10.1 Å². The van der Waals surface area contributed by atoms with Crippen LogP contribution < -0.4 is 0 Å². The van der Waals surface area contributed by atoms with Gasteiger partial charge in [0, 0.05) is 12.3 Å². The molecule has 6 bridgehead atoms. The van der Waals surface area contributed by atoms with E-state index in [0.717, 1.165) is 0 Å². The molecule has 13 nitrogen and oxygen atoms in total. The number of esters is 1. The minimum atomic E-state index is -4.76. The number of aliphatic hydroxyl groups is 4. The molecule has 3 saturated carbocycles. The minimum absolute atomic E-state index is 0.0301. The molecule has 4 aliphatic heterocycles. The molecule has 0 radical (unpaired) electrons. The van der Waals surface area contributed by atoms with Gasteiger partial charge in [0.05, 0.1) is 17.6 Å². The lowest BCUT2D eigenvalue weighted by molar-refractivity contribution is -0.393. The second kappa shape index (κ2) is 7.91. The van der Waals surface area contributed by atoms with Crippen molar-refractivity contribution >= 4 is 16.1 Å². The molecule has 14 heteroatoms. The Morgan fingerprint density at radius 1 is 1.11 bits per heavy atom. The lowest BCUT2D eigenvalue weighted by Gasteiger charge is -2.68. The molecule has 1 aromatic carbocycles. The third-order valence-corrected chi connectivity index (χ3v) is 10.4. The summed E-state index contributed by atoms with van der Waals surface area (Å²) >= 11 is 0. The maximum atomic E-state index is 12.8. The smallest absolute Gasteiger partial charge is 0.338 e. The molecular formula is C23H28O13S. The van der Waals surface area contributed by atoms with E-state index in [1.807, 2.05) is 0 Å². The summed E-state index contributed by atoms with van der Waals surface area (Å²) in [7, 11) is -4.76. The zero-order chi connectivity index (χ0) is 26.6. The number of carbonyl (C=O) groups excluding carboxylic acids is 1. The van der Waals surface area contributed by atoms with E-state index in [2.05, 4.69) is 0 Å². The maximum Gasteiger partial charge on any atom is 0.338 e. The van der Waals surface area contributed by atoms with Crippen LogP contribution in [0.5, 0.6) is 0 Å². The molecular weight excluding hydrogens is 516 g/mol. The minimum Gasteiger partial charge on any atom is -0.461 e. The van der Waals surface area contributed by atoms with Gasteiger partial charge in [-0.15, -0.1) is 0 Å². The van der Waals surface area contributed by atoms with Gasteiger partial charge >= 0.3 is 5.97 Å². The number of carbonyl (C=O) groups is 1. The summed E-state index contributed by atoms with van der Waals surface area (Å²) in [6, 6.07) is 8.13. The quantitative estimate of drug-likeness (QED) is 0.197. The third kappa shape index (κ3) is 2.99. The molecule has 0 spiro atoms. The fraction of sp³-hybridized carbons (Fsp3) is 0.696. The summed E-state index contributed by atoms with van der Waals surface area (Å²) in [6.07, 6.45) is -9.44. The van der Waals surface area contributed by atoms with Crippen molar-refractivity contribution in [2.75, 3.05) is 13.2 Å². The summed E-state index contributed by atoms with van der Waals surface area (Å²) in [5.41, 5.74) is -4.01. The molecule has 0 amide bonds. The first-order chi connectivity index (χ1) is 17.4. The largest absolute Gasteiger partial charge is 0.461 e. The fourth-order valence-corrected chi connectivity index (χ4v) is 8.49. The summed E-state index contributed by atoms with van der Waals surface area (Å²) in [6.45, 7) is 0.495. The van der Waals surface area contributed by atoms with Crippen LogP contribution in [-0.4, -0.2) is 106 Å². The average Bonchev–Trinajstić information content (AvgIpc) is 3.07. The number of hydrogen-bond acceptors (Lipinski definition) is 12. The maximum absolute atomic E-state index is 12.8. The van der Waals surface area contributed by atoms with Crippen LogP contribution in [0.3, 0.4) is 0 Å². The standard InChI is InChI=1S/C23H28O13S/c1-20-9-22(37(29,30)31)13-7-23(20,34-18-16(27)15(26)14(25)12(8-24)33-18)21(13,19(35-20)36-22)10-32-17(28)11-5-3-2-4-6-11/h2-6,12-16,18-19,24-27H,7-10H2,1H3,(H,29,30,31)/t12-,13-,14-,15+,16-,18+,19+,20+,21+,22+,23+/m1/s1. The van der Waals surface area contributed by atoms with Gasteiger partial charge in [0.1, 0.15) is 42.2 Å². The van der Waals surface area contributed by atoms with Crippen molar-refractivity contribution in [2.45, 2.75) is 72.9 Å². The van der Waals surface area contributed by atoms with E-state index in [0.29, 0.717) is 0 Å². The predicted molar refractivity (Wildman–Crippen MR) is 118 cm³/mol. The van der Waals surface area contributed by atoms with Crippen LogP contribution >= 0.6 is 0 Å². The van der Waals surface area contributed by atoms with Gasteiger partial charge in [-0.2, -0.15) is 8.42 Å². The summed E-state index contributed by atoms with van der Waals surface area (Å²) in [5, 5.41) is 40.6. The van der Waals surface area contributed by atoms with E-state index in [-0.39, 0.29) is 18.4 Å². The Hall–Kier alpha value is -1.72. The van der Waals surface area contributed by atoms with Gasteiger partial charge < -0.3 is 44.1 Å². The number of ether oxygens (including phenoxy) is 5. The molecule has 4 saturated heterocycles. The molecule has 204 valence electrons. The van der Waals surface area contributed by atoms with E-state index in [4.69, 9.17) is 23.7 Å². The van der Waals surface area contributed by atoms with Crippen molar-refractivity contribution in [3.8, 4) is 0 Å². The first-order valence-corrected chi connectivity index (χ1v) is 13.3. The zero-order valence-corrected chi connectivity index (χ0v) is 20.5. The predicted octanol–water partition coefficient (Wildman–Crippen LogP) is -1.46. The van der Waals surface area contributed by atoms with Gasteiger partial charge in [0.2, 0.25) is 4.93 Å². The van der Waals surface area contributed by atoms with Crippen molar-refractivity contribution in [1.82, 2.24) is 0 Å². The van der Waals surface area contributed by atoms with E-state index in [1.54, 1.807) is 37.3 Å². The monoisotopic (exact) mass is 544 g/mol. The fourth-order valence-electron chi connectivity index (χ4n) is 7.17. The molecule has 7 fully saturated rings. The molecule has 3 aliphatic carbocycles. The summed E-state index contributed by atoms with van der Waals surface area (Å²) in [4.78, 5) is 10.8. The van der Waals surface area contributed by atoms with Crippen molar-refractivity contribution in [2.24, 2.45) is 11.3 Å². The van der Waals surface area contributed by atoms with Crippen LogP contribution in [0.4, 0.5) is 0 Å². The third-order valence-electron chi connectivity index (χ3n) is 8.98. The zero-order valence-electron chi connectivity index (χ0n) is 19.7. The van der Waals surface area contributed by atoms with Gasteiger partial charge in [-0.3, -0.25) is 4.55 Å². The Morgan fingerprint density at radius 2 is 1.81 bits per heavy atom. The Morgan fingerprint density at radius 3 is 2.46 bits per heavy atom. The normalized spacial score (nSPS) is 49.6. The SMILES string of the molecule is C[C@@]12C[C@@]3(S(=O)(=O)O)O[C@H](O1)[C@]1(COC(=O)c4ccccc4)[C@H]3C[C@@]12O[C@@H]1O[C@H](CO)[C@@H](O)[C@H](O)[C@H]1O. The van der Waals surface area contributed by atoms with Gasteiger partial charge in [0.15, 0.2) is 12.6 Å². The first-order valence-electron chi connectivity index (χ1n) is 11.9. The molecule has 4 heterocycles. The van der Waals surface area contributed by atoms with Crippen LogP contribution in [-0.2, 0) is 33.8 Å². The Balaban J connectivity index is 1.38. The van der Waals surface area contributed by atoms with Crippen LogP contribution in [0.1, 0.15) is 30.1 Å². The molecule has 7 aliphatic rings. The number of rotatable bonds is 7. The highest BCUT2D eigenvalue weighted by molar-refractivity contribution is 7.87. The molecule has 11 atom stereocenters. The molecule has 1 aromatic rings. The molecule has 37 heavy (non-hydrogen) atoms. The van der Waals surface area contributed by atoms with Crippen LogP contribution in [0.2, 0.25) is 0 Å². The van der Waals surface area contributed by atoms with Crippen molar-refractivity contribution in [3.63, 3.8) is 0 Å². The molecule has 0 unspecified atom stereocenters. The summed E-state index contributed by atoms with van der Waals surface area (Å²) in [5.74, 6) is -1.58. The van der Waals surface area contributed by atoms with E-state index >= 15 is 0 Å². The van der Waals surface area contributed by atoms with Gasteiger partial charge in [-0.05, 0) is 25.5 Å². The van der Waals surface area contributed by atoms with Crippen LogP contribution in [0.25, 0.3) is 0 Å². The summed E-state index contributed by atoms with van der Waals surface area (Å²) < 4.78 is 64.8. The Labute approximate surface area is 211 Å².